The van der Waals surface area contributed by atoms with E-state index in [1.807, 2.05) is 37.3 Å². The van der Waals surface area contributed by atoms with E-state index in [1.54, 1.807) is 12.1 Å². The van der Waals surface area contributed by atoms with Crippen LogP contribution in [-0.4, -0.2) is 20.3 Å². The number of amides is 2. The lowest BCUT2D eigenvalue weighted by molar-refractivity contribution is 0.249. The second-order valence-electron chi connectivity index (χ2n) is 4.92. The highest BCUT2D eigenvalue weighted by atomic mass is 35.5. The van der Waals surface area contributed by atoms with Gasteiger partial charge in [-0.2, -0.15) is 0 Å². The third kappa shape index (κ3) is 4.29. The first kappa shape index (κ1) is 17.0. The highest BCUT2D eigenvalue weighted by Crippen LogP contribution is 2.35. The van der Waals surface area contributed by atoms with Gasteiger partial charge in [-0.25, -0.2) is 4.79 Å². The molecule has 0 saturated heterocycles. The third-order valence-corrected chi connectivity index (χ3v) is 3.66. The van der Waals surface area contributed by atoms with Crippen molar-refractivity contribution in [3.05, 3.63) is 53.1 Å². The van der Waals surface area contributed by atoms with E-state index in [-0.39, 0.29) is 12.1 Å². The summed E-state index contributed by atoms with van der Waals surface area (Å²) in [5.41, 5.74) is 1.50. The average Bonchev–Trinajstić information content (AvgIpc) is 2.56. The number of hydrogen-bond donors (Lipinski definition) is 2. The zero-order valence-electron chi connectivity index (χ0n) is 13.2. The fraction of sp³-hybridized carbons (Fsp3) is 0.235. The van der Waals surface area contributed by atoms with Crippen molar-refractivity contribution in [2.75, 3.05) is 19.5 Å². The van der Waals surface area contributed by atoms with Gasteiger partial charge >= 0.3 is 6.03 Å². The summed E-state index contributed by atoms with van der Waals surface area (Å²) in [5, 5.41) is 6.03. The molecule has 2 amide bonds. The summed E-state index contributed by atoms with van der Waals surface area (Å²) in [7, 11) is 3.02. The second-order valence-corrected chi connectivity index (χ2v) is 5.33. The van der Waals surface area contributed by atoms with Crippen LogP contribution in [0.15, 0.2) is 42.5 Å². The van der Waals surface area contributed by atoms with Crippen LogP contribution in [0.25, 0.3) is 0 Å². The number of benzene rings is 2. The van der Waals surface area contributed by atoms with Crippen molar-refractivity contribution in [3.63, 3.8) is 0 Å². The molecule has 1 atom stereocenters. The van der Waals surface area contributed by atoms with Gasteiger partial charge in [0.05, 0.1) is 31.0 Å². The molecule has 23 heavy (non-hydrogen) atoms. The zero-order chi connectivity index (χ0) is 16.8. The first-order valence-electron chi connectivity index (χ1n) is 7.09. The molecule has 0 spiro atoms. The van der Waals surface area contributed by atoms with Gasteiger partial charge in [-0.1, -0.05) is 41.9 Å². The smallest absolute Gasteiger partial charge is 0.319 e. The van der Waals surface area contributed by atoms with Crippen LogP contribution in [0.3, 0.4) is 0 Å². The van der Waals surface area contributed by atoms with Gasteiger partial charge in [-0.05, 0) is 12.5 Å². The van der Waals surface area contributed by atoms with Crippen LogP contribution in [-0.2, 0) is 0 Å². The molecule has 0 radical (unpaired) electrons. The molecule has 2 rings (SSSR count). The van der Waals surface area contributed by atoms with Crippen molar-refractivity contribution < 1.29 is 14.3 Å². The fourth-order valence-electron chi connectivity index (χ4n) is 2.14. The fourth-order valence-corrected chi connectivity index (χ4v) is 2.37. The molecule has 0 aromatic heterocycles. The zero-order valence-corrected chi connectivity index (χ0v) is 14.0. The van der Waals surface area contributed by atoms with E-state index in [0.29, 0.717) is 22.2 Å². The number of rotatable bonds is 5. The minimum absolute atomic E-state index is 0.128. The number of halogens is 1. The molecule has 2 aromatic carbocycles. The third-order valence-electron chi connectivity index (χ3n) is 3.37. The summed E-state index contributed by atoms with van der Waals surface area (Å²) in [4.78, 5) is 12.2. The van der Waals surface area contributed by atoms with Crippen molar-refractivity contribution >= 4 is 23.3 Å². The SMILES string of the molecule is COc1cc(NC(=O)NC(C)c2ccccc2)c(OC)cc1Cl. The maximum atomic E-state index is 12.2. The molecule has 0 aliphatic rings. The van der Waals surface area contributed by atoms with Gasteiger partial charge in [0.2, 0.25) is 0 Å². The van der Waals surface area contributed by atoms with Crippen molar-refractivity contribution in [1.29, 1.82) is 0 Å². The van der Waals surface area contributed by atoms with Gasteiger partial charge in [0.1, 0.15) is 11.5 Å². The maximum absolute atomic E-state index is 12.2. The Morgan fingerprint density at radius 3 is 2.35 bits per heavy atom. The first-order valence-corrected chi connectivity index (χ1v) is 7.47. The van der Waals surface area contributed by atoms with Crippen molar-refractivity contribution in [3.8, 4) is 11.5 Å². The first-order chi connectivity index (χ1) is 11.0. The van der Waals surface area contributed by atoms with Gasteiger partial charge in [0.15, 0.2) is 0 Å². The van der Waals surface area contributed by atoms with E-state index < -0.39 is 0 Å². The molecule has 0 heterocycles. The van der Waals surface area contributed by atoms with E-state index in [0.717, 1.165) is 5.56 Å². The molecule has 2 N–H and O–H groups in total. The Labute approximate surface area is 140 Å². The van der Waals surface area contributed by atoms with Crippen LogP contribution in [0.5, 0.6) is 11.5 Å². The number of anilines is 1. The summed E-state index contributed by atoms with van der Waals surface area (Å²) in [6.45, 7) is 1.91. The predicted molar refractivity (Wildman–Crippen MR) is 91.6 cm³/mol. The molecule has 2 aromatic rings. The maximum Gasteiger partial charge on any atom is 0.319 e. The predicted octanol–water partition coefficient (Wildman–Crippen LogP) is 4.24. The van der Waals surface area contributed by atoms with E-state index >= 15 is 0 Å². The Morgan fingerprint density at radius 2 is 1.74 bits per heavy atom. The number of carbonyl (C=O) groups is 1. The van der Waals surface area contributed by atoms with Crippen LogP contribution in [0, 0.1) is 0 Å². The molecule has 5 nitrogen and oxygen atoms in total. The number of methoxy groups -OCH3 is 2. The molecule has 122 valence electrons. The number of nitrogens with one attached hydrogen (secondary N) is 2. The topological polar surface area (TPSA) is 59.6 Å². The summed E-state index contributed by atoms with van der Waals surface area (Å²) in [5.74, 6) is 0.914. The van der Waals surface area contributed by atoms with Gasteiger partial charge in [0.25, 0.3) is 0 Å². The summed E-state index contributed by atoms with van der Waals surface area (Å²) < 4.78 is 10.4. The Bertz CT molecular complexity index is 677. The van der Waals surface area contributed by atoms with Crippen LogP contribution in [0.1, 0.15) is 18.5 Å². The summed E-state index contributed by atoms with van der Waals surface area (Å²) >= 11 is 6.05. The van der Waals surface area contributed by atoms with Crippen LogP contribution >= 0.6 is 11.6 Å². The molecular formula is C17H19ClN2O3. The molecule has 0 fully saturated rings. The largest absolute Gasteiger partial charge is 0.495 e. The minimum atomic E-state index is -0.343. The highest BCUT2D eigenvalue weighted by molar-refractivity contribution is 6.32. The number of carbonyl (C=O) groups excluding carboxylic acids is 1. The van der Waals surface area contributed by atoms with Crippen molar-refractivity contribution in [2.24, 2.45) is 0 Å². The lowest BCUT2D eigenvalue weighted by atomic mass is 10.1. The van der Waals surface area contributed by atoms with Gasteiger partial charge in [-0.15, -0.1) is 0 Å². The van der Waals surface area contributed by atoms with Gasteiger partial charge < -0.3 is 20.1 Å². The average molecular weight is 335 g/mol. The van der Waals surface area contributed by atoms with E-state index in [9.17, 15) is 4.79 Å². The Hall–Kier alpha value is -2.40. The second kappa shape index (κ2) is 7.74. The Balaban J connectivity index is 2.11. The Morgan fingerprint density at radius 1 is 1.09 bits per heavy atom. The van der Waals surface area contributed by atoms with Crippen LogP contribution in [0.4, 0.5) is 10.5 Å². The molecule has 6 heteroatoms. The van der Waals surface area contributed by atoms with Crippen molar-refractivity contribution in [1.82, 2.24) is 5.32 Å². The number of hydrogen-bond acceptors (Lipinski definition) is 3. The van der Waals surface area contributed by atoms with Crippen LogP contribution < -0.4 is 20.1 Å². The summed E-state index contributed by atoms with van der Waals surface area (Å²) in [6.07, 6.45) is 0. The molecule has 0 saturated carbocycles. The van der Waals surface area contributed by atoms with Gasteiger partial charge in [0, 0.05) is 12.1 Å². The lowest BCUT2D eigenvalue weighted by Gasteiger charge is -2.17. The highest BCUT2D eigenvalue weighted by Gasteiger charge is 2.14. The summed E-state index contributed by atoms with van der Waals surface area (Å²) in [6, 6.07) is 12.4. The van der Waals surface area contributed by atoms with E-state index in [1.165, 1.54) is 14.2 Å². The number of urea groups is 1. The standard InChI is InChI=1S/C17H19ClN2O3/c1-11(12-7-5-4-6-8-12)19-17(21)20-14-10-15(22-2)13(18)9-16(14)23-3/h4-11H,1-3H3,(H2,19,20,21). The normalized spacial score (nSPS) is 11.5. The monoisotopic (exact) mass is 334 g/mol. The lowest BCUT2D eigenvalue weighted by Crippen LogP contribution is -2.31. The van der Waals surface area contributed by atoms with Gasteiger partial charge in [-0.3, -0.25) is 0 Å². The van der Waals surface area contributed by atoms with Crippen molar-refractivity contribution in [2.45, 2.75) is 13.0 Å². The molecule has 0 aliphatic carbocycles. The Kier molecular flexibility index (Phi) is 5.71. The van der Waals surface area contributed by atoms with Crippen LogP contribution in [0.2, 0.25) is 5.02 Å². The molecule has 0 bridgehead atoms. The quantitative estimate of drug-likeness (QED) is 0.859. The van der Waals surface area contributed by atoms with E-state index in [2.05, 4.69) is 10.6 Å². The number of ether oxygens (including phenoxy) is 2. The molecular weight excluding hydrogens is 316 g/mol. The minimum Gasteiger partial charge on any atom is -0.495 e. The van der Waals surface area contributed by atoms with E-state index in [4.69, 9.17) is 21.1 Å². The molecule has 0 aliphatic heterocycles. The molecule has 1 unspecified atom stereocenters.